The Labute approximate surface area is 125 Å². The number of carbonyl (C=O) groups is 2. The van der Waals surface area contributed by atoms with E-state index in [1.54, 1.807) is 19.2 Å². The summed E-state index contributed by atoms with van der Waals surface area (Å²) in [5, 5.41) is 5.55. The van der Waals surface area contributed by atoms with Gasteiger partial charge in [-0.1, -0.05) is 18.6 Å². The van der Waals surface area contributed by atoms with Crippen LogP contribution in [0, 0.1) is 11.8 Å². The van der Waals surface area contributed by atoms with Crippen molar-refractivity contribution in [3.8, 4) is 0 Å². The van der Waals surface area contributed by atoms with Crippen molar-refractivity contribution < 1.29 is 9.59 Å². The molecule has 2 amide bonds. The van der Waals surface area contributed by atoms with Gasteiger partial charge in [0.25, 0.3) is 5.91 Å². The third-order valence-electron chi connectivity index (χ3n) is 4.18. The maximum atomic E-state index is 12.2. The van der Waals surface area contributed by atoms with Gasteiger partial charge in [-0.2, -0.15) is 0 Å². The average molecular weight is 289 g/mol. The Hall–Kier alpha value is -1.88. The average Bonchev–Trinajstić information content (AvgIpc) is 3.00. The van der Waals surface area contributed by atoms with Crippen molar-refractivity contribution >= 4 is 11.8 Å². The zero-order valence-corrected chi connectivity index (χ0v) is 12.4. The van der Waals surface area contributed by atoms with Crippen molar-refractivity contribution in [3.05, 3.63) is 35.4 Å². The summed E-state index contributed by atoms with van der Waals surface area (Å²) in [5.74, 6) is 0.301. The largest absolute Gasteiger partial charge is 0.355 e. The zero-order chi connectivity index (χ0) is 15.2. The number of benzene rings is 1. The molecule has 1 saturated carbocycles. The first-order valence-corrected chi connectivity index (χ1v) is 7.44. The van der Waals surface area contributed by atoms with E-state index in [2.05, 4.69) is 10.6 Å². The van der Waals surface area contributed by atoms with E-state index in [-0.39, 0.29) is 17.7 Å². The Bertz CT molecular complexity index is 516. The Balaban J connectivity index is 1.93. The van der Waals surface area contributed by atoms with Gasteiger partial charge in [0.15, 0.2) is 0 Å². The number of nitrogens with two attached hydrogens (primary N) is 1. The maximum Gasteiger partial charge on any atom is 0.251 e. The van der Waals surface area contributed by atoms with E-state index in [1.165, 1.54) is 0 Å². The maximum absolute atomic E-state index is 12.2. The van der Waals surface area contributed by atoms with Gasteiger partial charge in [0, 0.05) is 25.1 Å². The quantitative estimate of drug-likeness (QED) is 0.757. The normalized spacial score (nSPS) is 21.0. The molecule has 1 aromatic rings. The fraction of sp³-hybridized carbons (Fsp3) is 0.500. The minimum absolute atomic E-state index is 0.0390. The van der Waals surface area contributed by atoms with Crippen molar-refractivity contribution in [2.75, 3.05) is 13.6 Å². The summed E-state index contributed by atoms with van der Waals surface area (Å²) in [6, 6.07) is 7.28. The number of carbonyl (C=O) groups excluding carboxylic acids is 2. The van der Waals surface area contributed by atoms with Crippen LogP contribution in [0.25, 0.3) is 0 Å². The highest BCUT2D eigenvalue weighted by molar-refractivity contribution is 5.94. The molecular formula is C16H23N3O2. The molecule has 0 bridgehead atoms. The molecule has 5 heteroatoms. The second-order valence-corrected chi connectivity index (χ2v) is 5.53. The van der Waals surface area contributed by atoms with Gasteiger partial charge in [-0.05, 0) is 43.0 Å². The molecule has 21 heavy (non-hydrogen) atoms. The van der Waals surface area contributed by atoms with E-state index in [0.717, 1.165) is 24.8 Å². The highest BCUT2D eigenvalue weighted by Gasteiger charge is 2.31. The topological polar surface area (TPSA) is 84.2 Å². The minimum atomic E-state index is -0.123. The van der Waals surface area contributed by atoms with Gasteiger partial charge in [-0.25, -0.2) is 0 Å². The number of nitrogens with one attached hydrogen (secondary N) is 2. The molecule has 2 atom stereocenters. The van der Waals surface area contributed by atoms with Crippen molar-refractivity contribution in [2.24, 2.45) is 17.6 Å². The van der Waals surface area contributed by atoms with E-state index >= 15 is 0 Å². The molecule has 0 aromatic heterocycles. The Kier molecular flexibility index (Phi) is 5.33. The van der Waals surface area contributed by atoms with Gasteiger partial charge in [-0.15, -0.1) is 0 Å². The summed E-state index contributed by atoms with van der Waals surface area (Å²) in [6.07, 6.45) is 3.04. The lowest BCUT2D eigenvalue weighted by molar-refractivity contribution is -0.126. The summed E-state index contributed by atoms with van der Waals surface area (Å²) in [4.78, 5) is 23.8. The molecule has 0 unspecified atom stereocenters. The third kappa shape index (κ3) is 3.82. The lowest BCUT2D eigenvalue weighted by Crippen LogP contribution is -2.34. The van der Waals surface area contributed by atoms with Crippen LogP contribution in [0.2, 0.25) is 0 Å². The molecule has 0 heterocycles. The van der Waals surface area contributed by atoms with E-state index in [9.17, 15) is 9.59 Å². The van der Waals surface area contributed by atoms with E-state index in [4.69, 9.17) is 5.73 Å². The second kappa shape index (κ2) is 7.22. The highest BCUT2D eigenvalue weighted by Crippen LogP contribution is 2.30. The van der Waals surface area contributed by atoms with Crippen LogP contribution in [0.4, 0.5) is 0 Å². The van der Waals surface area contributed by atoms with Crippen LogP contribution in [0.1, 0.15) is 35.2 Å². The molecule has 1 fully saturated rings. The fourth-order valence-corrected chi connectivity index (χ4v) is 2.95. The molecule has 1 aliphatic carbocycles. The predicted octanol–water partition coefficient (Wildman–Crippen LogP) is 1.04. The summed E-state index contributed by atoms with van der Waals surface area (Å²) < 4.78 is 0. The number of hydrogen-bond acceptors (Lipinski definition) is 3. The van der Waals surface area contributed by atoms with Crippen molar-refractivity contribution in [2.45, 2.75) is 25.8 Å². The summed E-state index contributed by atoms with van der Waals surface area (Å²) >= 11 is 0. The Morgan fingerprint density at radius 1 is 1.33 bits per heavy atom. The highest BCUT2D eigenvalue weighted by atomic mass is 16.2. The standard InChI is InChI=1S/C16H23N3O2/c1-18-15(20)12-5-2-4-11(8-12)10-19-16(21)14-7-3-6-13(14)9-17/h2,4-5,8,13-14H,3,6-7,9-10,17H2,1H3,(H,18,20)(H,19,21)/t13-,14-/m1/s1. The lowest BCUT2D eigenvalue weighted by atomic mass is 9.95. The smallest absolute Gasteiger partial charge is 0.251 e. The first-order valence-electron chi connectivity index (χ1n) is 7.44. The van der Waals surface area contributed by atoms with E-state index in [1.807, 2.05) is 12.1 Å². The predicted molar refractivity (Wildman–Crippen MR) is 81.6 cm³/mol. The van der Waals surface area contributed by atoms with Gasteiger partial charge < -0.3 is 16.4 Å². The summed E-state index contributed by atoms with van der Waals surface area (Å²) in [5.41, 5.74) is 7.24. The van der Waals surface area contributed by atoms with Crippen LogP contribution in [0.15, 0.2) is 24.3 Å². The second-order valence-electron chi connectivity index (χ2n) is 5.53. The molecule has 0 radical (unpaired) electrons. The number of amides is 2. The van der Waals surface area contributed by atoms with Crippen LogP contribution in [-0.4, -0.2) is 25.4 Å². The van der Waals surface area contributed by atoms with Crippen LogP contribution in [0.5, 0.6) is 0 Å². The van der Waals surface area contributed by atoms with Gasteiger partial charge in [0.2, 0.25) is 5.91 Å². The molecule has 0 saturated heterocycles. The monoisotopic (exact) mass is 289 g/mol. The Morgan fingerprint density at radius 3 is 2.86 bits per heavy atom. The van der Waals surface area contributed by atoms with Gasteiger partial charge >= 0.3 is 0 Å². The fourth-order valence-electron chi connectivity index (χ4n) is 2.95. The summed E-state index contributed by atoms with van der Waals surface area (Å²) in [7, 11) is 1.60. The molecule has 4 N–H and O–H groups in total. The van der Waals surface area contributed by atoms with Crippen LogP contribution in [-0.2, 0) is 11.3 Å². The van der Waals surface area contributed by atoms with Gasteiger partial charge in [-0.3, -0.25) is 9.59 Å². The molecule has 2 rings (SSSR count). The SMILES string of the molecule is CNC(=O)c1cccc(CNC(=O)[C@@H]2CCC[C@@H]2CN)c1. The molecular weight excluding hydrogens is 266 g/mol. The molecule has 114 valence electrons. The number of hydrogen-bond donors (Lipinski definition) is 3. The van der Waals surface area contributed by atoms with Crippen LogP contribution in [0.3, 0.4) is 0 Å². The van der Waals surface area contributed by atoms with Crippen LogP contribution >= 0.6 is 0 Å². The number of rotatable bonds is 5. The van der Waals surface area contributed by atoms with E-state index < -0.39 is 0 Å². The first kappa shape index (κ1) is 15.5. The molecule has 1 aliphatic rings. The van der Waals surface area contributed by atoms with Gasteiger partial charge in [0.1, 0.15) is 0 Å². The third-order valence-corrected chi connectivity index (χ3v) is 4.18. The van der Waals surface area contributed by atoms with Crippen molar-refractivity contribution in [1.82, 2.24) is 10.6 Å². The van der Waals surface area contributed by atoms with Gasteiger partial charge in [0.05, 0.1) is 0 Å². The van der Waals surface area contributed by atoms with Crippen molar-refractivity contribution in [1.29, 1.82) is 0 Å². The summed E-state index contributed by atoms with van der Waals surface area (Å²) in [6.45, 7) is 1.02. The van der Waals surface area contributed by atoms with Crippen LogP contribution < -0.4 is 16.4 Å². The lowest BCUT2D eigenvalue weighted by Gasteiger charge is -2.17. The zero-order valence-electron chi connectivity index (χ0n) is 12.4. The van der Waals surface area contributed by atoms with Crippen molar-refractivity contribution in [3.63, 3.8) is 0 Å². The molecule has 5 nitrogen and oxygen atoms in total. The first-order chi connectivity index (χ1) is 10.2. The molecule has 1 aromatic carbocycles. The van der Waals surface area contributed by atoms with E-state index in [0.29, 0.717) is 24.6 Å². The molecule has 0 spiro atoms. The minimum Gasteiger partial charge on any atom is -0.355 e. The Morgan fingerprint density at radius 2 is 2.14 bits per heavy atom. The molecule has 0 aliphatic heterocycles.